The highest BCUT2D eigenvalue weighted by Crippen LogP contribution is 2.65. The van der Waals surface area contributed by atoms with E-state index in [1.54, 1.807) is 0 Å². The van der Waals surface area contributed by atoms with Crippen LogP contribution in [0.5, 0.6) is 0 Å². The van der Waals surface area contributed by atoms with Crippen molar-refractivity contribution in [3.63, 3.8) is 0 Å². The average Bonchev–Trinajstić information content (AvgIpc) is 4.03. The predicted octanol–water partition coefficient (Wildman–Crippen LogP) is 20.2. The number of anilines is 12. The molecule has 12 aromatic carbocycles. The standard InChI is InChI=1S/C74H54N4/c1-53-37-39-61(40-38-53)78(60-35-21-8-22-36-60)65-44-48-69-68-47-43-64(77(58-31-17-6-18-32-58)59-33-19-7-20-34-59)51-72(68)74(73(69)52-65)70-49-62(75(54-23-9-2-10-24-54)55-25-11-3-12-26-55)41-45-66(70)67-46-42-63(50-71(67)74)76(56-27-13-4-14-28-56)57-29-15-5-16-30-57/h2-52H,1H3. The van der Waals surface area contributed by atoms with Crippen LogP contribution < -0.4 is 19.6 Å². The van der Waals surface area contributed by atoms with Crippen molar-refractivity contribution in [3.8, 4) is 22.3 Å². The minimum atomic E-state index is -0.819. The van der Waals surface area contributed by atoms with Crippen LogP contribution in [0.2, 0.25) is 0 Å². The molecular weight excluding hydrogens is 945 g/mol. The van der Waals surface area contributed by atoms with Crippen molar-refractivity contribution in [2.75, 3.05) is 19.6 Å². The molecule has 78 heavy (non-hydrogen) atoms. The van der Waals surface area contributed by atoms with Crippen molar-refractivity contribution in [2.24, 2.45) is 0 Å². The minimum absolute atomic E-state index is 0.819. The Hall–Kier alpha value is -10.2. The van der Waals surface area contributed by atoms with Crippen LogP contribution in [0.1, 0.15) is 27.8 Å². The van der Waals surface area contributed by atoms with Crippen molar-refractivity contribution in [3.05, 3.63) is 337 Å². The van der Waals surface area contributed by atoms with Gasteiger partial charge in [-0.3, -0.25) is 0 Å². The van der Waals surface area contributed by atoms with Gasteiger partial charge in [-0.05, 0) is 197 Å². The highest BCUT2D eigenvalue weighted by Gasteiger charge is 2.53. The van der Waals surface area contributed by atoms with Crippen LogP contribution in [0, 0.1) is 6.92 Å². The molecule has 2 aliphatic carbocycles. The summed E-state index contributed by atoms with van der Waals surface area (Å²) >= 11 is 0. The summed E-state index contributed by atoms with van der Waals surface area (Å²) in [6.07, 6.45) is 0. The molecule has 0 heterocycles. The van der Waals surface area contributed by atoms with Gasteiger partial charge in [0.1, 0.15) is 0 Å². The van der Waals surface area contributed by atoms with Crippen molar-refractivity contribution in [2.45, 2.75) is 12.3 Å². The number of hydrogen-bond acceptors (Lipinski definition) is 4. The number of nitrogens with zero attached hydrogens (tertiary/aromatic N) is 4. The molecule has 0 atom stereocenters. The fourth-order valence-corrected chi connectivity index (χ4v) is 12.3. The molecule has 370 valence electrons. The molecule has 0 aliphatic heterocycles. The molecule has 0 amide bonds. The highest BCUT2D eigenvalue weighted by molar-refractivity contribution is 6.00. The molecule has 0 bridgehead atoms. The van der Waals surface area contributed by atoms with Gasteiger partial charge in [-0.2, -0.15) is 0 Å². The fourth-order valence-electron chi connectivity index (χ4n) is 12.3. The van der Waals surface area contributed by atoms with Crippen molar-refractivity contribution in [1.29, 1.82) is 0 Å². The maximum atomic E-state index is 2.50. The lowest BCUT2D eigenvalue weighted by Crippen LogP contribution is -2.27. The van der Waals surface area contributed by atoms with E-state index < -0.39 is 5.41 Å². The molecule has 0 saturated carbocycles. The van der Waals surface area contributed by atoms with Gasteiger partial charge in [-0.25, -0.2) is 0 Å². The van der Waals surface area contributed by atoms with Crippen LogP contribution in [0.15, 0.2) is 309 Å². The highest BCUT2D eigenvalue weighted by atomic mass is 15.2. The third-order valence-corrected chi connectivity index (χ3v) is 15.6. The summed E-state index contributed by atoms with van der Waals surface area (Å²) in [5.74, 6) is 0. The quantitative estimate of drug-likeness (QED) is 0.121. The second-order valence-electron chi connectivity index (χ2n) is 20.2. The first kappa shape index (κ1) is 46.4. The lowest BCUT2D eigenvalue weighted by Gasteiger charge is -2.35. The molecule has 0 aromatic heterocycles. The van der Waals surface area contributed by atoms with E-state index in [1.165, 1.54) is 50.1 Å². The van der Waals surface area contributed by atoms with Crippen molar-refractivity contribution >= 4 is 68.2 Å². The van der Waals surface area contributed by atoms with Crippen molar-refractivity contribution in [1.82, 2.24) is 0 Å². The smallest absolute Gasteiger partial charge is 0.0728 e. The van der Waals surface area contributed by atoms with Crippen LogP contribution in [-0.4, -0.2) is 0 Å². The molecule has 1 spiro atoms. The Balaban J connectivity index is 1.10. The normalized spacial score (nSPS) is 12.3. The zero-order valence-electron chi connectivity index (χ0n) is 43.2. The maximum Gasteiger partial charge on any atom is 0.0728 e. The van der Waals surface area contributed by atoms with Crippen LogP contribution in [0.3, 0.4) is 0 Å². The number of rotatable bonds is 12. The molecule has 0 unspecified atom stereocenters. The summed E-state index contributed by atoms with van der Waals surface area (Å²) in [4.78, 5) is 9.62. The van der Waals surface area contributed by atoms with Gasteiger partial charge in [0.2, 0.25) is 0 Å². The summed E-state index contributed by atoms with van der Waals surface area (Å²) < 4.78 is 0. The van der Waals surface area contributed by atoms with E-state index in [9.17, 15) is 0 Å². The summed E-state index contributed by atoms with van der Waals surface area (Å²) in [5, 5.41) is 0. The van der Waals surface area contributed by atoms with E-state index in [1.807, 2.05) is 0 Å². The van der Waals surface area contributed by atoms with Gasteiger partial charge in [0, 0.05) is 68.2 Å². The van der Waals surface area contributed by atoms with E-state index in [2.05, 4.69) is 336 Å². The Labute approximate surface area is 457 Å². The zero-order valence-corrected chi connectivity index (χ0v) is 43.2. The largest absolute Gasteiger partial charge is 0.310 e. The zero-order chi connectivity index (χ0) is 52.0. The van der Waals surface area contributed by atoms with E-state index in [0.29, 0.717) is 0 Å². The van der Waals surface area contributed by atoms with E-state index in [4.69, 9.17) is 0 Å². The molecule has 0 N–H and O–H groups in total. The van der Waals surface area contributed by atoms with Gasteiger partial charge in [0.05, 0.1) is 5.41 Å². The second kappa shape index (κ2) is 19.5. The predicted molar refractivity (Wildman–Crippen MR) is 326 cm³/mol. The lowest BCUT2D eigenvalue weighted by atomic mass is 9.70. The topological polar surface area (TPSA) is 13.0 Å². The van der Waals surface area contributed by atoms with Crippen LogP contribution in [0.25, 0.3) is 22.3 Å². The van der Waals surface area contributed by atoms with E-state index >= 15 is 0 Å². The summed E-state index contributed by atoms with van der Waals surface area (Å²) in [6.45, 7) is 2.16. The summed E-state index contributed by atoms with van der Waals surface area (Å²) in [6, 6.07) is 113. The van der Waals surface area contributed by atoms with Gasteiger partial charge >= 0.3 is 0 Å². The molecule has 0 saturated heterocycles. The van der Waals surface area contributed by atoms with Crippen LogP contribution in [-0.2, 0) is 5.41 Å². The molecule has 14 rings (SSSR count). The molecule has 12 aromatic rings. The van der Waals surface area contributed by atoms with Gasteiger partial charge in [-0.1, -0.05) is 169 Å². The molecule has 0 fully saturated rings. The maximum absolute atomic E-state index is 2.50. The minimum Gasteiger partial charge on any atom is -0.310 e. The van der Waals surface area contributed by atoms with Gasteiger partial charge < -0.3 is 19.6 Å². The summed E-state index contributed by atoms with van der Waals surface area (Å²) in [5.41, 5.74) is 23.2. The summed E-state index contributed by atoms with van der Waals surface area (Å²) in [7, 11) is 0. The lowest BCUT2D eigenvalue weighted by molar-refractivity contribution is 0.793. The number of fused-ring (bicyclic) bond motifs is 10. The van der Waals surface area contributed by atoms with Gasteiger partial charge in [0.25, 0.3) is 0 Å². The third-order valence-electron chi connectivity index (χ3n) is 15.6. The number of hydrogen-bond donors (Lipinski definition) is 0. The SMILES string of the molecule is Cc1ccc(N(c2ccccc2)c2ccc3c(c2)C2(c4cc(N(c5ccccc5)c5ccccc5)ccc4-c4ccc(N(c5ccccc5)c5ccccc5)cc42)c2cc(N(c4ccccc4)c4ccccc4)ccc2-3)cc1. The molecule has 4 heteroatoms. The fraction of sp³-hybridized carbons (Fsp3) is 0.0270. The molecular formula is C74H54N4. The Morgan fingerprint density at radius 1 is 0.192 bits per heavy atom. The van der Waals surface area contributed by atoms with Crippen LogP contribution >= 0.6 is 0 Å². The molecule has 0 radical (unpaired) electrons. The first-order valence-electron chi connectivity index (χ1n) is 26.8. The Bertz CT molecular complexity index is 3690. The molecule has 4 nitrogen and oxygen atoms in total. The molecule has 2 aliphatic rings. The Morgan fingerprint density at radius 3 is 0.577 bits per heavy atom. The van der Waals surface area contributed by atoms with Gasteiger partial charge in [0.15, 0.2) is 0 Å². The monoisotopic (exact) mass is 998 g/mol. The van der Waals surface area contributed by atoms with Gasteiger partial charge in [-0.15, -0.1) is 0 Å². The van der Waals surface area contributed by atoms with Crippen LogP contribution in [0.4, 0.5) is 68.2 Å². The number of benzene rings is 12. The van der Waals surface area contributed by atoms with Crippen molar-refractivity contribution < 1.29 is 0 Å². The second-order valence-corrected chi connectivity index (χ2v) is 20.2. The first-order chi connectivity index (χ1) is 38.6. The Morgan fingerprint density at radius 2 is 0.372 bits per heavy atom. The number of para-hydroxylation sites is 7. The number of aryl methyl sites for hydroxylation is 1. The van der Waals surface area contributed by atoms with E-state index in [-0.39, 0.29) is 0 Å². The average molecular weight is 999 g/mol. The first-order valence-corrected chi connectivity index (χ1v) is 26.8. The van der Waals surface area contributed by atoms with E-state index in [0.717, 1.165) is 68.2 Å². The third kappa shape index (κ3) is 7.85. The Kier molecular flexibility index (Phi) is 11.6.